The lowest BCUT2D eigenvalue weighted by Gasteiger charge is -2.30. The Balaban J connectivity index is 1.75. The van der Waals surface area contributed by atoms with Crippen molar-refractivity contribution in [1.29, 1.82) is 0 Å². The molecule has 1 fully saturated rings. The first-order chi connectivity index (χ1) is 7.18. The lowest BCUT2D eigenvalue weighted by Crippen LogP contribution is -2.41. The predicted molar refractivity (Wildman–Crippen MR) is 55.7 cm³/mol. The summed E-state index contributed by atoms with van der Waals surface area (Å²) in [5.74, 6) is 0. The standard InChI is InChI=1S/C10H19N3O2/c1-8-5-9(3-4-11-8)14-6-10(2)13-12-7-15-10/h8-9,11H,3-7H2,1-2H3/t8-,9-,10?/m0/s1. The van der Waals surface area contributed by atoms with Crippen LogP contribution >= 0.6 is 0 Å². The van der Waals surface area contributed by atoms with Gasteiger partial charge in [-0.3, -0.25) is 0 Å². The number of hydrogen-bond donors (Lipinski definition) is 1. The predicted octanol–water partition coefficient (Wildman–Crippen LogP) is 1.30. The van der Waals surface area contributed by atoms with E-state index in [0.717, 1.165) is 19.4 Å². The quantitative estimate of drug-likeness (QED) is 0.768. The zero-order valence-corrected chi connectivity index (χ0v) is 9.40. The molecular weight excluding hydrogens is 194 g/mol. The molecule has 5 nitrogen and oxygen atoms in total. The van der Waals surface area contributed by atoms with Gasteiger partial charge in [-0.25, -0.2) is 0 Å². The molecule has 15 heavy (non-hydrogen) atoms. The smallest absolute Gasteiger partial charge is 0.201 e. The molecule has 3 atom stereocenters. The van der Waals surface area contributed by atoms with Crippen LogP contribution in [0.25, 0.3) is 0 Å². The number of azo groups is 1. The average Bonchev–Trinajstić information content (AvgIpc) is 2.63. The maximum Gasteiger partial charge on any atom is 0.201 e. The normalized spacial score (nSPS) is 40.9. The van der Waals surface area contributed by atoms with Crippen LogP contribution in [0.5, 0.6) is 0 Å². The van der Waals surface area contributed by atoms with E-state index in [1.165, 1.54) is 0 Å². The van der Waals surface area contributed by atoms with Crippen LogP contribution in [0.2, 0.25) is 0 Å². The van der Waals surface area contributed by atoms with E-state index in [4.69, 9.17) is 9.47 Å². The van der Waals surface area contributed by atoms with Crippen LogP contribution in [0.1, 0.15) is 26.7 Å². The molecule has 0 aromatic carbocycles. The Morgan fingerprint density at radius 1 is 1.60 bits per heavy atom. The minimum atomic E-state index is -0.548. The Morgan fingerprint density at radius 3 is 3.13 bits per heavy atom. The largest absolute Gasteiger partial charge is 0.373 e. The first-order valence-electron chi connectivity index (χ1n) is 5.55. The van der Waals surface area contributed by atoms with Crippen LogP contribution < -0.4 is 5.32 Å². The van der Waals surface area contributed by atoms with Gasteiger partial charge >= 0.3 is 0 Å². The molecule has 0 saturated carbocycles. The van der Waals surface area contributed by atoms with Crippen molar-refractivity contribution in [3.05, 3.63) is 0 Å². The molecule has 86 valence electrons. The van der Waals surface area contributed by atoms with E-state index in [2.05, 4.69) is 22.5 Å². The Kier molecular flexibility index (Phi) is 3.33. The van der Waals surface area contributed by atoms with Crippen molar-refractivity contribution < 1.29 is 9.47 Å². The van der Waals surface area contributed by atoms with Gasteiger partial charge in [0.05, 0.1) is 12.7 Å². The molecule has 1 N–H and O–H groups in total. The second-order valence-corrected chi connectivity index (χ2v) is 4.50. The van der Waals surface area contributed by atoms with Crippen LogP contribution in [0, 0.1) is 0 Å². The lowest BCUT2D eigenvalue weighted by atomic mass is 10.0. The number of nitrogens with zero attached hydrogens (tertiary/aromatic N) is 2. The minimum Gasteiger partial charge on any atom is -0.373 e. The highest BCUT2D eigenvalue weighted by atomic mass is 16.6. The fraction of sp³-hybridized carbons (Fsp3) is 1.00. The SMILES string of the molecule is C[C@H]1C[C@@H](OCC2(C)N=NCO2)CCN1. The molecule has 0 aliphatic carbocycles. The third-order valence-electron chi connectivity index (χ3n) is 2.88. The molecule has 1 saturated heterocycles. The van der Waals surface area contributed by atoms with Crippen LogP contribution in [0.15, 0.2) is 10.2 Å². The fourth-order valence-corrected chi connectivity index (χ4v) is 1.96. The number of hydrogen-bond acceptors (Lipinski definition) is 5. The first kappa shape index (κ1) is 11.0. The van der Waals surface area contributed by atoms with Gasteiger partial charge in [0.2, 0.25) is 5.72 Å². The molecule has 0 radical (unpaired) electrons. The van der Waals surface area contributed by atoms with Crippen molar-refractivity contribution in [1.82, 2.24) is 5.32 Å². The van der Waals surface area contributed by atoms with Gasteiger partial charge in [0.25, 0.3) is 0 Å². The van der Waals surface area contributed by atoms with E-state index in [1.54, 1.807) is 0 Å². The van der Waals surface area contributed by atoms with E-state index < -0.39 is 5.72 Å². The third kappa shape index (κ3) is 2.96. The van der Waals surface area contributed by atoms with E-state index in [9.17, 15) is 0 Å². The van der Waals surface area contributed by atoms with Gasteiger partial charge in [0.15, 0.2) is 6.73 Å². The Labute approximate surface area is 90.2 Å². The third-order valence-corrected chi connectivity index (χ3v) is 2.88. The van der Waals surface area contributed by atoms with Crippen LogP contribution in [-0.4, -0.2) is 37.8 Å². The second-order valence-electron chi connectivity index (χ2n) is 4.50. The average molecular weight is 213 g/mol. The molecule has 0 bridgehead atoms. The van der Waals surface area contributed by atoms with Crippen LogP contribution in [0.3, 0.4) is 0 Å². The number of nitrogens with one attached hydrogen (secondary N) is 1. The van der Waals surface area contributed by atoms with Crippen LogP contribution in [-0.2, 0) is 9.47 Å². The molecule has 2 aliphatic rings. The molecule has 2 aliphatic heterocycles. The molecule has 0 amide bonds. The molecule has 0 aromatic rings. The second kappa shape index (κ2) is 4.55. The van der Waals surface area contributed by atoms with Crippen molar-refractivity contribution in [2.24, 2.45) is 10.2 Å². The van der Waals surface area contributed by atoms with Gasteiger partial charge in [-0.2, -0.15) is 10.2 Å². The summed E-state index contributed by atoms with van der Waals surface area (Å²) >= 11 is 0. The van der Waals surface area contributed by atoms with Crippen molar-refractivity contribution in [3.63, 3.8) is 0 Å². The molecule has 2 heterocycles. The van der Waals surface area contributed by atoms with Crippen LogP contribution in [0.4, 0.5) is 0 Å². The van der Waals surface area contributed by atoms with E-state index in [0.29, 0.717) is 25.5 Å². The lowest BCUT2D eigenvalue weighted by molar-refractivity contribution is -0.0870. The number of rotatable bonds is 3. The number of piperidine rings is 1. The first-order valence-corrected chi connectivity index (χ1v) is 5.55. The Hall–Kier alpha value is -0.520. The summed E-state index contributed by atoms with van der Waals surface area (Å²) < 4.78 is 11.2. The van der Waals surface area contributed by atoms with Gasteiger partial charge in [0.1, 0.15) is 0 Å². The highest BCUT2D eigenvalue weighted by molar-refractivity contribution is 4.78. The molecule has 1 unspecified atom stereocenters. The summed E-state index contributed by atoms with van der Waals surface area (Å²) in [6.45, 7) is 6.00. The molecular formula is C10H19N3O2. The van der Waals surface area contributed by atoms with Crippen molar-refractivity contribution in [2.45, 2.75) is 44.6 Å². The van der Waals surface area contributed by atoms with Gasteiger partial charge in [-0.05, 0) is 33.2 Å². The monoisotopic (exact) mass is 213 g/mol. The van der Waals surface area contributed by atoms with Crippen molar-refractivity contribution in [2.75, 3.05) is 19.9 Å². The topological polar surface area (TPSA) is 55.2 Å². The van der Waals surface area contributed by atoms with Crippen molar-refractivity contribution >= 4 is 0 Å². The maximum absolute atomic E-state index is 5.82. The Bertz CT molecular complexity index is 247. The fourth-order valence-electron chi connectivity index (χ4n) is 1.96. The van der Waals surface area contributed by atoms with Gasteiger partial charge in [-0.1, -0.05) is 0 Å². The van der Waals surface area contributed by atoms with E-state index in [-0.39, 0.29) is 0 Å². The van der Waals surface area contributed by atoms with E-state index in [1.807, 2.05) is 6.92 Å². The summed E-state index contributed by atoms with van der Waals surface area (Å²) in [7, 11) is 0. The summed E-state index contributed by atoms with van der Waals surface area (Å²) in [6.07, 6.45) is 2.46. The minimum absolute atomic E-state index is 0.331. The summed E-state index contributed by atoms with van der Waals surface area (Å²) in [6, 6.07) is 0.544. The molecule has 0 aromatic heterocycles. The molecule has 0 spiro atoms. The van der Waals surface area contributed by atoms with Gasteiger partial charge in [-0.15, -0.1) is 0 Å². The zero-order valence-electron chi connectivity index (χ0n) is 9.40. The molecule has 2 rings (SSSR count). The maximum atomic E-state index is 5.82. The number of ether oxygens (including phenoxy) is 2. The molecule has 5 heteroatoms. The van der Waals surface area contributed by atoms with Gasteiger partial charge in [0, 0.05) is 6.04 Å². The van der Waals surface area contributed by atoms with Crippen molar-refractivity contribution in [3.8, 4) is 0 Å². The Morgan fingerprint density at radius 2 is 2.47 bits per heavy atom. The summed E-state index contributed by atoms with van der Waals surface area (Å²) in [5.41, 5.74) is -0.548. The van der Waals surface area contributed by atoms with E-state index >= 15 is 0 Å². The highest BCUT2D eigenvalue weighted by Crippen LogP contribution is 2.21. The van der Waals surface area contributed by atoms with Gasteiger partial charge < -0.3 is 14.8 Å². The highest BCUT2D eigenvalue weighted by Gasteiger charge is 2.30. The summed E-state index contributed by atoms with van der Waals surface area (Å²) in [4.78, 5) is 0. The zero-order chi connectivity index (χ0) is 10.7. The summed E-state index contributed by atoms with van der Waals surface area (Å²) in [5, 5.41) is 11.3.